The summed E-state index contributed by atoms with van der Waals surface area (Å²) < 4.78 is 0. The van der Waals surface area contributed by atoms with Crippen molar-refractivity contribution < 1.29 is 4.79 Å². The second-order valence-electron chi connectivity index (χ2n) is 9.55. The van der Waals surface area contributed by atoms with Crippen molar-refractivity contribution in [3.8, 4) is 0 Å². The summed E-state index contributed by atoms with van der Waals surface area (Å²) in [6.07, 6.45) is 7.45. The van der Waals surface area contributed by atoms with Gasteiger partial charge in [0, 0.05) is 43.1 Å². The second-order valence-corrected chi connectivity index (χ2v) is 10.7. The number of likely N-dealkylation sites (N-methyl/N-ethyl adjacent to an activating group) is 1. The topological polar surface area (TPSA) is 50.9 Å². The molecule has 0 unspecified atom stereocenters. The average Bonchev–Trinajstić information content (AvgIpc) is 3.22. The quantitative estimate of drug-likeness (QED) is 0.722. The number of hydrogen-bond donors (Lipinski definition) is 2. The molecule has 0 spiro atoms. The van der Waals surface area contributed by atoms with Crippen LogP contribution in [0.25, 0.3) is 0 Å². The number of carbonyl (C=O) groups excluding carboxylic acids is 1. The minimum absolute atomic E-state index is 0.0844. The number of rotatable bonds is 6. The Kier molecular flexibility index (Phi) is 7.81. The largest absolute Gasteiger partial charge is 0.317 e. The normalized spacial score (nSPS) is 27.9. The van der Waals surface area contributed by atoms with E-state index in [1.165, 1.54) is 56.7 Å². The molecule has 2 N–H and O–H groups in total. The fourth-order valence-corrected chi connectivity index (χ4v) is 6.28. The lowest BCUT2D eigenvalue weighted by Gasteiger charge is -2.41. The van der Waals surface area contributed by atoms with Crippen molar-refractivity contribution in [2.24, 2.45) is 0 Å². The smallest absolute Gasteiger partial charge is 0.238 e. The molecule has 0 radical (unpaired) electrons. The third kappa shape index (κ3) is 6.04. The summed E-state index contributed by atoms with van der Waals surface area (Å²) in [5.41, 5.74) is 0. The molecule has 3 aliphatic rings. The zero-order valence-electron chi connectivity index (χ0n) is 18.7. The SMILES string of the molecule is CN1CCC(NCC(=O)Nc2ccc(C3CCC(N4CCN(C)CC4)CC3)s2)CC1. The second kappa shape index (κ2) is 10.6. The highest BCUT2D eigenvalue weighted by Gasteiger charge is 2.29. The standard InChI is InChI=1S/C23H39N5OS/c1-26-11-9-19(10-12-26)24-17-22(29)25-23-8-7-21(30-23)18-3-5-20(6-4-18)28-15-13-27(2)14-16-28/h7-8,18-20,24H,3-6,9-17H2,1-2H3,(H,25,29). The maximum atomic E-state index is 12.4. The molecule has 1 saturated carbocycles. The number of anilines is 1. The predicted molar refractivity (Wildman–Crippen MR) is 126 cm³/mol. The van der Waals surface area contributed by atoms with E-state index in [0.29, 0.717) is 18.5 Å². The van der Waals surface area contributed by atoms with Crippen LogP contribution in [-0.4, -0.2) is 92.6 Å². The molecule has 0 aromatic carbocycles. The van der Waals surface area contributed by atoms with Crippen molar-refractivity contribution in [3.05, 3.63) is 17.0 Å². The molecule has 3 heterocycles. The van der Waals surface area contributed by atoms with Gasteiger partial charge in [0.25, 0.3) is 0 Å². The van der Waals surface area contributed by atoms with E-state index < -0.39 is 0 Å². The summed E-state index contributed by atoms with van der Waals surface area (Å²) in [4.78, 5) is 21.3. The molecular formula is C23H39N5OS. The lowest BCUT2D eigenvalue weighted by molar-refractivity contribution is -0.115. The summed E-state index contributed by atoms with van der Waals surface area (Å²) in [7, 11) is 4.39. The van der Waals surface area contributed by atoms with Crippen LogP contribution in [0, 0.1) is 0 Å². The molecule has 168 valence electrons. The van der Waals surface area contributed by atoms with E-state index in [0.717, 1.165) is 37.0 Å². The van der Waals surface area contributed by atoms with Crippen molar-refractivity contribution >= 4 is 22.2 Å². The Bertz CT molecular complexity index is 671. The van der Waals surface area contributed by atoms with Gasteiger partial charge < -0.3 is 20.4 Å². The first-order valence-electron chi connectivity index (χ1n) is 11.8. The Morgan fingerprint density at radius 1 is 0.933 bits per heavy atom. The number of piperazine rings is 1. The highest BCUT2D eigenvalue weighted by Crippen LogP contribution is 2.39. The van der Waals surface area contributed by atoms with Crippen LogP contribution < -0.4 is 10.6 Å². The third-order valence-electron chi connectivity index (χ3n) is 7.31. The van der Waals surface area contributed by atoms with Crippen LogP contribution in [0.4, 0.5) is 5.00 Å². The minimum atomic E-state index is 0.0844. The number of nitrogens with zero attached hydrogens (tertiary/aromatic N) is 3. The van der Waals surface area contributed by atoms with Crippen LogP contribution in [-0.2, 0) is 4.79 Å². The minimum Gasteiger partial charge on any atom is -0.317 e. The molecule has 4 rings (SSSR count). The summed E-state index contributed by atoms with van der Waals surface area (Å²) in [6.45, 7) is 7.52. The molecule has 6 nitrogen and oxygen atoms in total. The number of piperidine rings is 1. The number of hydrogen-bond acceptors (Lipinski definition) is 6. The van der Waals surface area contributed by atoms with Crippen LogP contribution in [0.1, 0.15) is 49.3 Å². The van der Waals surface area contributed by atoms with Crippen molar-refractivity contribution in [1.29, 1.82) is 0 Å². The van der Waals surface area contributed by atoms with Crippen LogP contribution in [0.3, 0.4) is 0 Å². The maximum Gasteiger partial charge on any atom is 0.238 e. The van der Waals surface area contributed by atoms with Crippen LogP contribution >= 0.6 is 11.3 Å². The highest BCUT2D eigenvalue weighted by atomic mass is 32.1. The number of nitrogens with one attached hydrogen (secondary N) is 2. The Morgan fingerprint density at radius 2 is 1.60 bits per heavy atom. The third-order valence-corrected chi connectivity index (χ3v) is 8.48. The summed E-state index contributed by atoms with van der Waals surface area (Å²) >= 11 is 1.78. The van der Waals surface area contributed by atoms with Gasteiger partial charge in [0.2, 0.25) is 5.91 Å². The van der Waals surface area contributed by atoms with Gasteiger partial charge in [0.05, 0.1) is 11.5 Å². The van der Waals surface area contributed by atoms with Gasteiger partial charge in [-0.15, -0.1) is 11.3 Å². The Labute approximate surface area is 186 Å². The number of amides is 1. The van der Waals surface area contributed by atoms with Crippen molar-refractivity contribution in [2.45, 2.75) is 56.5 Å². The van der Waals surface area contributed by atoms with Gasteiger partial charge in [0.15, 0.2) is 0 Å². The Hall–Kier alpha value is -0.990. The summed E-state index contributed by atoms with van der Waals surface area (Å²) in [6, 6.07) is 5.59. The maximum absolute atomic E-state index is 12.4. The van der Waals surface area contributed by atoms with E-state index >= 15 is 0 Å². The fraction of sp³-hybridized carbons (Fsp3) is 0.783. The summed E-state index contributed by atoms with van der Waals surface area (Å²) in [5, 5.41) is 7.54. The molecule has 30 heavy (non-hydrogen) atoms. The Balaban J connectivity index is 1.18. The van der Waals surface area contributed by atoms with E-state index in [1.54, 1.807) is 11.3 Å². The van der Waals surface area contributed by atoms with Gasteiger partial charge in [-0.25, -0.2) is 0 Å². The lowest BCUT2D eigenvalue weighted by atomic mass is 9.84. The first-order chi connectivity index (χ1) is 14.6. The average molecular weight is 434 g/mol. The van der Waals surface area contributed by atoms with Gasteiger partial charge in [0.1, 0.15) is 0 Å². The molecule has 1 aliphatic carbocycles. The van der Waals surface area contributed by atoms with E-state index in [-0.39, 0.29) is 5.91 Å². The predicted octanol–water partition coefficient (Wildman–Crippen LogP) is 2.64. The molecule has 1 aromatic heterocycles. The Morgan fingerprint density at radius 3 is 2.30 bits per heavy atom. The van der Waals surface area contributed by atoms with Crippen LogP contribution in [0.2, 0.25) is 0 Å². The zero-order valence-corrected chi connectivity index (χ0v) is 19.6. The lowest BCUT2D eigenvalue weighted by Crippen LogP contribution is -2.49. The first-order valence-corrected chi connectivity index (χ1v) is 12.6. The van der Waals surface area contributed by atoms with E-state index in [4.69, 9.17) is 0 Å². The molecule has 3 fully saturated rings. The monoisotopic (exact) mass is 433 g/mol. The van der Waals surface area contributed by atoms with Gasteiger partial charge in [-0.3, -0.25) is 9.69 Å². The van der Waals surface area contributed by atoms with Gasteiger partial charge >= 0.3 is 0 Å². The van der Waals surface area contributed by atoms with E-state index in [2.05, 4.69) is 51.6 Å². The molecule has 0 atom stereocenters. The van der Waals surface area contributed by atoms with Gasteiger partial charge in [-0.2, -0.15) is 0 Å². The molecule has 1 aromatic rings. The first kappa shape index (κ1) is 22.2. The van der Waals surface area contributed by atoms with Crippen LogP contribution in [0.15, 0.2) is 12.1 Å². The molecule has 1 amide bonds. The van der Waals surface area contributed by atoms with Crippen molar-refractivity contribution in [3.63, 3.8) is 0 Å². The fourth-order valence-electron chi connectivity index (χ4n) is 5.18. The van der Waals surface area contributed by atoms with Crippen molar-refractivity contribution in [2.75, 3.05) is 65.2 Å². The van der Waals surface area contributed by atoms with Crippen LogP contribution in [0.5, 0.6) is 0 Å². The molecule has 7 heteroatoms. The van der Waals surface area contributed by atoms with Crippen molar-refractivity contribution in [1.82, 2.24) is 20.0 Å². The molecular weight excluding hydrogens is 394 g/mol. The number of carbonyl (C=O) groups is 1. The number of thiophene rings is 1. The number of likely N-dealkylation sites (tertiary alicyclic amines) is 1. The van der Waals surface area contributed by atoms with Gasteiger partial charge in [-0.1, -0.05) is 0 Å². The summed E-state index contributed by atoms with van der Waals surface area (Å²) in [5.74, 6) is 0.753. The molecule has 2 saturated heterocycles. The van der Waals surface area contributed by atoms with E-state index in [9.17, 15) is 4.79 Å². The molecule has 2 aliphatic heterocycles. The van der Waals surface area contributed by atoms with E-state index in [1.807, 2.05) is 0 Å². The zero-order chi connectivity index (χ0) is 20.9. The molecule has 0 bridgehead atoms. The van der Waals surface area contributed by atoms with Gasteiger partial charge in [-0.05, 0) is 83.8 Å². The highest BCUT2D eigenvalue weighted by molar-refractivity contribution is 7.16.